The van der Waals surface area contributed by atoms with E-state index in [1.807, 2.05) is 32.9 Å². The van der Waals surface area contributed by atoms with Gasteiger partial charge in [0.2, 0.25) is 0 Å². The number of nitrogens with zero attached hydrogens (tertiary/aromatic N) is 3. The Morgan fingerprint density at radius 1 is 0.629 bits per heavy atom. The molecule has 0 aliphatic heterocycles. The van der Waals surface area contributed by atoms with Crippen molar-refractivity contribution in [3.63, 3.8) is 0 Å². The lowest BCUT2D eigenvalue weighted by Gasteiger charge is -2.27. The summed E-state index contributed by atoms with van der Waals surface area (Å²) >= 11 is 0. The van der Waals surface area contributed by atoms with Crippen LogP contribution < -0.4 is 0 Å². The summed E-state index contributed by atoms with van der Waals surface area (Å²) in [5.41, 5.74) is -9.86. The number of hydrogen-bond donors (Lipinski definition) is 1. The van der Waals surface area contributed by atoms with Crippen LogP contribution in [-0.2, 0) is 16.2 Å². The van der Waals surface area contributed by atoms with Crippen LogP contribution in [0, 0.1) is 6.85 Å². The van der Waals surface area contributed by atoms with Gasteiger partial charge in [0.1, 0.15) is 11.6 Å². The highest BCUT2D eigenvalue weighted by molar-refractivity contribution is 5.98. The Labute approximate surface area is 405 Å². The number of phenolic OH excluding ortho intramolecular Hbond substituents is 1. The van der Waals surface area contributed by atoms with Gasteiger partial charge in [-0.2, -0.15) is 0 Å². The van der Waals surface area contributed by atoms with Crippen molar-refractivity contribution in [1.29, 1.82) is 0 Å². The molecule has 0 radical (unpaired) electrons. The Balaban J connectivity index is 1.60. The molecule has 0 aliphatic carbocycles. The molecule has 0 saturated carbocycles. The summed E-state index contributed by atoms with van der Waals surface area (Å²) in [7, 11) is 0. The fourth-order valence-corrected chi connectivity index (χ4v) is 7.52. The summed E-state index contributed by atoms with van der Waals surface area (Å²) in [4.78, 5) is 9.76. The van der Waals surface area contributed by atoms with E-state index in [2.05, 4.69) is 4.98 Å². The standard InChI is InChI=1S/C58H61N3O/c1-36(2)40-25-26-51(47(32-40)39-17-14-13-15-18-39)61-52-20-16-19-46(53(52)60-55(61)48-34-45(57(7,8)9)35-49(54(48)62)58(10,11)12)42-29-43(31-44(30-42)56(4,5)6)50-33-41(27-28-59-50)38-23-21-37(3)22-24-38/h13-36,62H,1-12H3/i3D3,7D3,8D3,9D3,10D3,11D3,12D3,21D,22D,23D,24D,36D. The van der Waals surface area contributed by atoms with Crippen molar-refractivity contribution < 1.29 is 40.7 Å². The third-order valence-electron chi connectivity index (χ3n) is 10.9. The molecule has 2 aromatic heterocycles. The van der Waals surface area contributed by atoms with Crippen LogP contribution in [0.5, 0.6) is 5.75 Å². The maximum Gasteiger partial charge on any atom is 0.149 e. The fourth-order valence-electron chi connectivity index (χ4n) is 7.52. The molecule has 1 N–H and O–H groups in total. The number of para-hydroxylation sites is 1. The van der Waals surface area contributed by atoms with Gasteiger partial charge in [-0.3, -0.25) is 9.55 Å². The highest BCUT2D eigenvalue weighted by Crippen LogP contribution is 2.46. The molecule has 8 aromatic rings. The average Bonchev–Trinajstić information content (AvgIpc) is 0.793. The lowest BCUT2D eigenvalue weighted by atomic mass is 9.79. The van der Waals surface area contributed by atoms with Gasteiger partial charge in [-0.05, 0) is 116 Å². The highest BCUT2D eigenvalue weighted by Gasteiger charge is 2.29. The van der Waals surface area contributed by atoms with Crippen LogP contribution >= 0.6 is 0 Å². The first-order valence-corrected chi connectivity index (χ1v) is 19.8. The second-order valence-electron chi connectivity index (χ2n) is 16.7. The number of aromatic hydroxyl groups is 1. The van der Waals surface area contributed by atoms with Crippen LogP contribution in [0.2, 0.25) is 0 Å². The van der Waals surface area contributed by atoms with Gasteiger partial charge in [0.25, 0.3) is 0 Å². The summed E-state index contributed by atoms with van der Waals surface area (Å²) in [6, 6.07) is 24.8. The zero-order valence-corrected chi connectivity index (χ0v) is 34.8. The number of pyridine rings is 1. The number of rotatable bonds is 7. The quantitative estimate of drug-likeness (QED) is 0.174. The zero-order chi connectivity index (χ0) is 66.2. The number of fused-ring (bicyclic) bond motifs is 1. The predicted octanol–water partition coefficient (Wildman–Crippen LogP) is 15.8. The van der Waals surface area contributed by atoms with Gasteiger partial charge in [0.15, 0.2) is 0 Å². The monoisotopic (exact) mass is 842 g/mol. The molecular weight excluding hydrogens is 755 g/mol. The molecule has 6 aromatic carbocycles. The van der Waals surface area contributed by atoms with Crippen molar-refractivity contribution in [2.24, 2.45) is 0 Å². The minimum atomic E-state index is -4.22. The summed E-state index contributed by atoms with van der Waals surface area (Å²) in [5.74, 6) is -3.25. The van der Waals surface area contributed by atoms with E-state index in [9.17, 15) is 5.11 Å². The van der Waals surface area contributed by atoms with Gasteiger partial charge in [-0.25, -0.2) is 4.98 Å². The molecule has 4 nitrogen and oxygen atoms in total. The van der Waals surface area contributed by atoms with Crippen molar-refractivity contribution in [2.75, 3.05) is 0 Å². The first-order chi connectivity index (χ1) is 40.0. The van der Waals surface area contributed by atoms with Crippen LogP contribution in [0.15, 0.2) is 140 Å². The SMILES string of the molecule is [2H]c1c([2H])c(C([2H])([2H])[2H])c([2H])c([2H])c1-c1ccnc(-c2cc(-c3cccc4c3nc(-c3cc(C(C([2H])([2H])[2H])(C([2H])([2H])[2H])C([2H])([2H])[2H])cc(C(C([2H])([2H])[2H])(C([2H])([2H])[2H])C([2H])([2H])[2H])c3O)n4-c3ccc(C([2H])(C)C)cc3-c3ccccc3)cc(C(C)(C)C)c2)c1. The maximum absolute atomic E-state index is 13.1. The van der Waals surface area contributed by atoms with Crippen LogP contribution in [-0.4, -0.2) is 19.6 Å². The number of benzene rings is 6. The van der Waals surface area contributed by atoms with Crippen molar-refractivity contribution >= 4 is 11.0 Å². The highest BCUT2D eigenvalue weighted by atomic mass is 16.3. The van der Waals surface area contributed by atoms with E-state index in [0.29, 0.717) is 39.4 Å². The summed E-state index contributed by atoms with van der Waals surface area (Å²) in [5, 5.41) is 13.1. The van der Waals surface area contributed by atoms with Crippen LogP contribution in [0.25, 0.3) is 72.7 Å². The van der Waals surface area contributed by atoms with E-state index in [1.54, 1.807) is 86.6 Å². The lowest BCUT2D eigenvalue weighted by Crippen LogP contribution is -2.17. The average molecular weight is 842 g/mol. The topological polar surface area (TPSA) is 50.9 Å². The van der Waals surface area contributed by atoms with E-state index in [-0.39, 0.29) is 45.2 Å². The van der Waals surface area contributed by atoms with Gasteiger partial charge >= 0.3 is 0 Å². The van der Waals surface area contributed by atoms with Crippen molar-refractivity contribution in [3.05, 3.63) is 167 Å². The van der Waals surface area contributed by atoms with Crippen molar-refractivity contribution in [3.8, 4) is 67.5 Å². The van der Waals surface area contributed by atoms with Crippen LogP contribution in [0.4, 0.5) is 0 Å². The number of phenols is 1. The molecule has 0 atom stereocenters. The molecule has 2 heterocycles. The van der Waals surface area contributed by atoms with E-state index >= 15 is 0 Å². The first-order valence-electron chi connectivity index (χ1n) is 32.8. The van der Waals surface area contributed by atoms with E-state index in [4.69, 9.17) is 40.6 Å². The smallest absolute Gasteiger partial charge is 0.149 e. The van der Waals surface area contributed by atoms with Gasteiger partial charge in [-0.15, -0.1) is 0 Å². The first kappa shape index (κ1) is 21.2. The minimum Gasteiger partial charge on any atom is -0.507 e. The van der Waals surface area contributed by atoms with Gasteiger partial charge < -0.3 is 5.11 Å². The Morgan fingerprint density at radius 2 is 1.35 bits per heavy atom. The number of aromatic nitrogens is 3. The summed E-state index contributed by atoms with van der Waals surface area (Å²) < 4.78 is 227. The third kappa shape index (κ3) is 8.23. The molecule has 0 spiro atoms. The van der Waals surface area contributed by atoms with Crippen LogP contribution in [0.1, 0.15) is 145 Å². The predicted molar refractivity (Wildman–Crippen MR) is 263 cm³/mol. The van der Waals surface area contributed by atoms with Gasteiger partial charge in [-0.1, -0.05) is 166 Å². The third-order valence-corrected chi connectivity index (χ3v) is 10.9. The molecule has 0 bridgehead atoms. The summed E-state index contributed by atoms with van der Waals surface area (Å²) in [6.45, 7) is -18.9. The lowest BCUT2D eigenvalue weighted by molar-refractivity contribution is 0.446. The minimum absolute atomic E-state index is 0.0203. The largest absolute Gasteiger partial charge is 0.507 e. The molecule has 0 saturated heterocycles. The van der Waals surface area contributed by atoms with E-state index in [0.717, 1.165) is 0 Å². The van der Waals surface area contributed by atoms with Gasteiger partial charge in [0.05, 0.1) is 33.5 Å². The van der Waals surface area contributed by atoms with E-state index < -0.39 is 128 Å². The molecular formula is C58H61N3O. The second-order valence-corrected chi connectivity index (χ2v) is 16.7. The Bertz CT molecular complexity index is 3920. The Morgan fingerprint density at radius 3 is 2.05 bits per heavy atom. The molecule has 4 heteroatoms. The Hall–Kier alpha value is -6.26. The second kappa shape index (κ2) is 15.9. The van der Waals surface area contributed by atoms with Crippen LogP contribution in [0.3, 0.4) is 0 Å². The van der Waals surface area contributed by atoms with Gasteiger partial charge in [0, 0.05) is 58.6 Å². The summed E-state index contributed by atoms with van der Waals surface area (Å²) in [6.07, 6.45) is 1.37. The molecule has 8 rings (SSSR count). The number of hydrogen-bond acceptors (Lipinski definition) is 3. The van der Waals surface area contributed by atoms with E-state index in [1.165, 1.54) is 22.9 Å². The fraction of sp³-hybridized carbons (Fsp3) is 0.276. The Kier molecular flexibility index (Phi) is 5.44. The van der Waals surface area contributed by atoms with Crippen molar-refractivity contribution in [1.82, 2.24) is 14.5 Å². The van der Waals surface area contributed by atoms with Crippen molar-refractivity contribution in [2.45, 2.75) is 105 Å². The molecule has 62 heavy (non-hydrogen) atoms. The zero-order valence-electron chi connectivity index (χ0n) is 60.8. The normalized spacial score (nSPS) is 20.1. The molecule has 0 aliphatic rings. The molecule has 0 amide bonds. The molecule has 0 fully saturated rings. The number of imidazole rings is 1. The maximum atomic E-state index is 13.1. The molecule has 0 unspecified atom stereocenters. The molecule has 314 valence electrons.